The number of rotatable bonds is 3. The van der Waals surface area contributed by atoms with Crippen molar-refractivity contribution >= 4 is 11.6 Å². The van der Waals surface area contributed by atoms with Gasteiger partial charge in [-0.1, -0.05) is 13.8 Å². The van der Waals surface area contributed by atoms with Crippen LogP contribution in [0.15, 0.2) is 12.4 Å². The summed E-state index contributed by atoms with van der Waals surface area (Å²) in [5, 5.41) is 3.13. The fraction of sp³-hybridized carbons (Fsp3) is 0.500. The van der Waals surface area contributed by atoms with Gasteiger partial charge in [0.05, 0.1) is 12.4 Å². The van der Waals surface area contributed by atoms with Crippen molar-refractivity contribution in [3.63, 3.8) is 0 Å². The summed E-state index contributed by atoms with van der Waals surface area (Å²) >= 11 is 0. The third kappa shape index (κ3) is 2.74. The number of hydrogen-bond acceptors (Lipinski definition) is 4. The van der Waals surface area contributed by atoms with Gasteiger partial charge >= 0.3 is 0 Å². The smallest absolute Gasteiger partial charge is 0.146 e. The maximum atomic E-state index is 5.45. The molecule has 66 valence electrons. The standard InChI is InChI=1S/C8H14N4/c1-6(2)3-11-8-5-10-4-7(9)12-8/h4-6H,3H2,1-2H3,(H3,9,11,12). The van der Waals surface area contributed by atoms with E-state index in [1.54, 1.807) is 6.20 Å². The van der Waals surface area contributed by atoms with E-state index in [1.165, 1.54) is 6.20 Å². The van der Waals surface area contributed by atoms with E-state index in [1.807, 2.05) is 0 Å². The number of nitrogens with zero attached hydrogens (tertiary/aromatic N) is 2. The number of nitrogens with one attached hydrogen (secondary N) is 1. The van der Waals surface area contributed by atoms with Crippen LogP contribution in [0.2, 0.25) is 0 Å². The summed E-state index contributed by atoms with van der Waals surface area (Å²) in [5.74, 6) is 1.78. The zero-order valence-electron chi connectivity index (χ0n) is 7.41. The second kappa shape index (κ2) is 3.90. The normalized spacial score (nSPS) is 10.2. The minimum absolute atomic E-state index is 0.448. The van der Waals surface area contributed by atoms with Gasteiger partial charge in [0, 0.05) is 6.54 Å². The lowest BCUT2D eigenvalue weighted by molar-refractivity contribution is 0.687. The Morgan fingerprint density at radius 2 is 2.25 bits per heavy atom. The monoisotopic (exact) mass is 166 g/mol. The molecule has 1 heterocycles. The van der Waals surface area contributed by atoms with Gasteiger partial charge in [-0.05, 0) is 5.92 Å². The number of hydrogen-bond donors (Lipinski definition) is 2. The molecule has 3 N–H and O–H groups in total. The van der Waals surface area contributed by atoms with Crippen molar-refractivity contribution < 1.29 is 0 Å². The third-order valence-corrected chi connectivity index (χ3v) is 1.34. The lowest BCUT2D eigenvalue weighted by Crippen LogP contribution is -2.09. The maximum Gasteiger partial charge on any atom is 0.146 e. The number of aromatic nitrogens is 2. The summed E-state index contributed by atoms with van der Waals surface area (Å²) in [6, 6.07) is 0. The van der Waals surface area contributed by atoms with Gasteiger partial charge < -0.3 is 11.1 Å². The van der Waals surface area contributed by atoms with Gasteiger partial charge in [-0.15, -0.1) is 0 Å². The minimum Gasteiger partial charge on any atom is -0.382 e. The Labute approximate surface area is 72.2 Å². The summed E-state index contributed by atoms with van der Waals surface area (Å²) < 4.78 is 0. The first-order valence-electron chi connectivity index (χ1n) is 4.00. The van der Waals surface area contributed by atoms with Crippen LogP contribution >= 0.6 is 0 Å². The van der Waals surface area contributed by atoms with Gasteiger partial charge in [-0.2, -0.15) is 0 Å². The summed E-state index contributed by atoms with van der Waals surface area (Å²) in [5.41, 5.74) is 5.45. The molecule has 0 unspecified atom stereocenters. The first kappa shape index (κ1) is 8.77. The van der Waals surface area contributed by atoms with Gasteiger partial charge in [0.1, 0.15) is 11.6 Å². The molecule has 0 atom stereocenters. The van der Waals surface area contributed by atoms with Gasteiger partial charge in [0.2, 0.25) is 0 Å². The highest BCUT2D eigenvalue weighted by Gasteiger charge is 1.96. The highest BCUT2D eigenvalue weighted by atomic mass is 15.0. The average molecular weight is 166 g/mol. The molecule has 0 aliphatic rings. The van der Waals surface area contributed by atoms with Crippen molar-refractivity contribution in [2.75, 3.05) is 17.6 Å². The molecule has 0 aliphatic carbocycles. The lowest BCUT2D eigenvalue weighted by atomic mass is 10.2. The Kier molecular flexibility index (Phi) is 2.85. The van der Waals surface area contributed by atoms with Gasteiger partial charge in [-0.3, -0.25) is 4.98 Å². The fourth-order valence-corrected chi connectivity index (χ4v) is 0.775. The zero-order valence-corrected chi connectivity index (χ0v) is 7.41. The lowest BCUT2D eigenvalue weighted by Gasteiger charge is -2.07. The van der Waals surface area contributed by atoms with E-state index in [4.69, 9.17) is 5.73 Å². The second-order valence-corrected chi connectivity index (χ2v) is 3.10. The van der Waals surface area contributed by atoms with E-state index >= 15 is 0 Å². The summed E-state index contributed by atoms with van der Waals surface area (Å²) in [7, 11) is 0. The van der Waals surface area contributed by atoms with Crippen molar-refractivity contribution in [3.8, 4) is 0 Å². The molecular formula is C8H14N4. The highest BCUT2D eigenvalue weighted by Crippen LogP contribution is 2.03. The Balaban J connectivity index is 2.52. The largest absolute Gasteiger partial charge is 0.382 e. The van der Waals surface area contributed by atoms with Crippen LogP contribution in [0, 0.1) is 5.92 Å². The van der Waals surface area contributed by atoms with Crippen molar-refractivity contribution in [2.24, 2.45) is 5.92 Å². The molecule has 0 fully saturated rings. The zero-order chi connectivity index (χ0) is 8.97. The van der Waals surface area contributed by atoms with Crippen LogP contribution < -0.4 is 11.1 Å². The number of nitrogens with two attached hydrogens (primary N) is 1. The van der Waals surface area contributed by atoms with Crippen molar-refractivity contribution in [1.29, 1.82) is 0 Å². The van der Waals surface area contributed by atoms with E-state index in [0.717, 1.165) is 12.4 Å². The number of anilines is 2. The van der Waals surface area contributed by atoms with Crippen LogP contribution in [0.4, 0.5) is 11.6 Å². The molecule has 0 radical (unpaired) electrons. The molecule has 1 aromatic rings. The molecule has 1 rings (SSSR count). The molecule has 0 bridgehead atoms. The number of nitrogen functional groups attached to an aromatic ring is 1. The van der Waals surface area contributed by atoms with Crippen LogP contribution in [-0.4, -0.2) is 16.5 Å². The molecule has 0 aromatic carbocycles. The predicted octanol–water partition coefficient (Wildman–Crippen LogP) is 1.13. The molecule has 1 aromatic heterocycles. The van der Waals surface area contributed by atoms with Crippen molar-refractivity contribution in [2.45, 2.75) is 13.8 Å². The van der Waals surface area contributed by atoms with Gasteiger partial charge in [-0.25, -0.2) is 4.98 Å². The van der Waals surface area contributed by atoms with Gasteiger partial charge in [0.15, 0.2) is 0 Å². The first-order chi connectivity index (χ1) is 5.68. The Morgan fingerprint density at radius 1 is 1.50 bits per heavy atom. The molecular weight excluding hydrogens is 152 g/mol. The summed E-state index contributed by atoms with van der Waals surface area (Å²) in [6.45, 7) is 5.15. The van der Waals surface area contributed by atoms with Crippen molar-refractivity contribution in [1.82, 2.24) is 9.97 Å². The molecule has 12 heavy (non-hydrogen) atoms. The van der Waals surface area contributed by atoms with E-state index in [0.29, 0.717) is 11.7 Å². The van der Waals surface area contributed by atoms with Crippen LogP contribution in [0.5, 0.6) is 0 Å². The molecule has 0 aliphatic heterocycles. The SMILES string of the molecule is CC(C)CNc1cncc(N)n1. The molecule has 0 saturated carbocycles. The molecule has 4 nitrogen and oxygen atoms in total. The minimum atomic E-state index is 0.448. The third-order valence-electron chi connectivity index (χ3n) is 1.34. The average Bonchev–Trinajstić information content (AvgIpc) is 2.01. The molecule has 4 heteroatoms. The van der Waals surface area contributed by atoms with Crippen LogP contribution in [0.1, 0.15) is 13.8 Å². The fourth-order valence-electron chi connectivity index (χ4n) is 0.775. The Bertz CT molecular complexity index is 247. The van der Waals surface area contributed by atoms with E-state index in [9.17, 15) is 0 Å². The second-order valence-electron chi connectivity index (χ2n) is 3.10. The highest BCUT2D eigenvalue weighted by molar-refractivity contribution is 5.38. The van der Waals surface area contributed by atoms with Crippen LogP contribution in [0.25, 0.3) is 0 Å². The quantitative estimate of drug-likeness (QED) is 0.706. The Morgan fingerprint density at radius 3 is 2.83 bits per heavy atom. The topological polar surface area (TPSA) is 63.8 Å². The van der Waals surface area contributed by atoms with Crippen LogP contribution in [-0.2, 0) is 0 Å². The summed E-state index contributed by atoms with van der Waals surface area (Å²) in [6.07, 6.45) is 3.19. The van der Waals surface area contributed by atoms with Gasteiger partial charge in [0.25, 0.3) is 0 Å². The van der Waals surface area contributed by atoms with E-state index < -0.39 is 0 Å². The molecule has 0 spiro atoms. The predicted molar refractivity (Wildman–Crippen MR) is 49.8 cm³/mol. The van der Waals surface area contributed by atoms with Crippen LogP contribution in [0.3, 0.4) is 0 Å². The summed E-state index contributed by atoms with van der Waals surface area (Å²) in [4.78, 5) is 7.96. The Hall–Kier alpha value is -1.32. The molecule has 0 saturated heterocycles. The van der Waals surface area contributed by atoms with E-state index in [2.05, 4.69) is 29.1 Å². The van der Waals surface area contributed by atoms with Crippen molar-refractivity contribution in [3.05, 3.63) is 12.4 Å². The van der Waals surface area contributed by atoms with E-state index in [-0.39, 0.29) is 0 Å². The first-order valence-corrected chi connectivity index (χ1v) is 4.00. The molecule has 0 amide bonds. The maximum absolute atomic E-state index is 5.45.